The Morgan fingerprint density at radius 1 is 0.667 bits per heavy atom. The van der Waals surface area contributed by atoms with Gasteiger partial charge >= 0.3 is 11.8 Å². The van der Waals surface area contributed by atoms with Crippen molar-refractivity contribution in [2.75, 3.05) is 0 Å². The van der Waals surface area contributed by atoms with Crippen LogP contribution in [0, 0.1) is 0 Å². The topological polar surface area (TPSA) is 0 Å². The lowest BCUT2D eigenvalue weighted by Gasteiger charge is -2.31. The van der Waals surface area contributed by atoms with E-state index in [0.29, 0.717) is 0 Å². The van der Waals surface area contributed by atoms with Crippen LogP contribution in [0.15, 0.2) is 0 Å². The van der Waals surface area contributed by atoms with E-state index in [-0.39, 0.29) is 22.6 Å². The third kappa shape index (κ3) is 3.32. The van der Waals surface area contributed by atoms with Crippen molar-refractivity contribution in [3.63, 3.8) is 0 Å². The van der Waals surface area contributed by atoms with E-state index < -0.39 is 41.0 Å². The smallest absolute Gasteiger partial charge is 0.241 e. The van der Waals surface area contributed by atoms with E-state index in [1.165, 1.54) is 0 Å². The van der Waals surface area contributed by atoms with Gasteiger partial charge in [0.25, 0.3) is 6.43 Å². The van der Waals surface area contributed by atoms with Crippen LogP contribution < -0.4 is 0 Å². The van der Waals surface area contributed by atoms with E-state index >= 15 is 0 Å². The van der Waals surface area contributed by atoms with Gasteiger partial charge in [0.15, 0.2) is 12.3 Å². The number of hydrogen-bond acceptors (Lipinski definition) is 0. The molecule has 0 rings (SSSR count). The zero-order chi connectivity index (χ0) is 14.9. The van der Waals surface area contributed by atoms with E-state index in [1.54, 1.807) is 0 Å². The Morgan fingerprint density at radius 3 is 1.33 bits per heavy atom. The van der Waals surface area contributed by atoms with Crippen molar-refractivity contribution in [3.8, 4) is 0 Å². The second-order valence-corrected chi connectivity index (χ2v) is 4.27. The van der Waals surface area contributed by atoms with E-state index in [1.807, 2.05) is 0 Å². The molecule has 0 aliphatic carbocycles. The molecule has 0 aromatic rings. The molecule has 0 heterocycles. The molecule has 0 saturated heterocycles. The summed E-state index contributed by atoms with van der Waals surface area (Å²) >= 11 is 0.170. The fourth-order valence-corrected chi connectivity index (χ4v) is 1.24. The maximum absolute atomic E-state index is 12.7. The molecule has 0 aromatic carbocycles. The normalized spacial score (nSPS) is 20.7. The summed E-state index contributed by atoms with van der Waals surface area (Å²) in [6.07, 6.45) is -17.0. The van der Waals surface area contributed by atoms with E-state index in [0.717, 1.165) is 0 Å². The lowest BCUT2D eigenvalue weighted by atomic mass is 10.0. The summed E-state index contributed by atoms with van der Waals surface area (Å²) in [5.74, 6) is -11.6. The van der Waals surface area contributed by atoms with Crippen molar-refractivity contribution in [1.82, 2.24) is 0 Å². The Hall–Kier alpha value is 0.0300. The summed E-state index contributed by atoms with van der Waals surface area (Å²) in [5, 5.41) is 0. The lowest BCUT2D eigenvalue weighted by molar-refractivity contribution is -0.261. The molecule has 0 saturated carbocycles. The van der Waals surface area contributed by atoms with Crippen molar-refractivity contribution in [3.05, 3.63) is 0 Å². The van der Waals surface area contributed by atoms with E-state index in [2.05, 4.69) is 0 Å². The molecule has 0 fully saturated rings. The SMILES string of the molecule is FC(F)C(F)C(F)C(F)C(F)(F)C(F)(F)C(F)I. The third-order valence-corrected chi connectivity index (χ3v) is 2.67. The highest BCUT2D eigenvalue weighted by Crippen LogP contribution is 2.46. The first-order valence-corrected chi connectivity index (χ1v) is 5.36. The second-order valence-electron chi connectivity index (χ2n) is 3.17. The summed E-state index contributed by atoms with van der Waals surface area (Å²) in [6, 6.07) is 0. The van der Waals surface area contributed by atoms with Crippen molar-refractivity contribution >= 4 is 22.6 Å². The maximum atomic E-state index is 12.7. The van der Waals surface area contributed by atoms with Gasteiger partial charge < -0.3 is 0 Å². The van der Waals surface area contributed by atoms with Crippen molar-refractivity contribution in [1.29, 1.82) is 0 Å². The summed E-state index contributed by atoms with van der Waals surface area (Å²) in [4.78, 5) is 0. The van der Waals surface area contributed by atoms with Gasteiger partial charge in [-0.15, -0.1) is 0 Å². The summed E-state index contributed by atoms with van der Waals surface area (Å²) < 4.78 is 120. The molecule has 0 aliphatic heterocycles. The highest BCUT2D eigenvalue weighted by atomic mass is 127. The molecule has 0 bridgehead atoms. The third-order valence-electron chi connectivity index (χ3n) is 1.89. The fourth-order valence-electron chi connectivity index (χ4n) is 0.830. The minimum absolute atomic E-state index is 0.170. The number of hydrogen-bond donors (Lipinski definition) is 0. The van der Waals surface area contributed by atoms with Crippen LogP contribution in [0.3, 0.4) is 0 Å². The summed E-state index contributed by atoms with van der Waals surface area (Å²) in [6.45, 7) is 0. The van der Waals surface area contributed by atoms with Crippen LogP contribution in [0.5, 0.6) is 0 Å². The monoisotopic (exact) mass is 406 g/mol. The van der Waals surface area contributed by atoms with Crippen LogP contribution in [0.25, 0.3) is 0 Å². The second kappa shape index (κ2) is 5.99. The van der Waals surface area contributed by atoms with E-state index in [9.17, 15) is 43.9 Å². The Bertz CT molecular complexity index is 267. The van der Waals surface area contributed by atoms with E-state index in [4.69, 9.17) is 0 Å². The Labute approximate surface area is 108 Å². The zero-order valence-electron chi connectivity index (χ0n) is 8.04. The number of alkyl halides is 11. The molecule has 0 aliphatic rings. The van der Waals surface area contributed by atoms with Crippen molar-refractivity contribution in [2.45, 2.75) is 41.0 Å². The molecule has 0 N–H and O–H groups in total. The molecule has 4 unspecified atom stereocenters. The van der Waals surface area contributed by atoms with Gasteiger partial charge in [-0.3, -0.25) is 0 Å². The predicted molar refractivity (Wildman–Crippen MR) is 49.5 cm³/mol. The first kappa shape index (κ1) is 18.0. The fraction of sp³-hybridized carbons (Fsp3) is 1.00. The molecule has 0 spiro atoms. The van der Waals surface area contributed by atoms with Gasteiger partial charge in [0.2, 0.25) is 10.4 Å². The molecule has 11 heteroatoms. The quantitative estimate of drug-likeness (QED) is 0.351. The molecule has 4 atom stereocenters. The summed E-state index contributed by atoms with van der Waals surface area (Å²) in [7, 11) is 0. The van der Waals surface area contributed by atoms with Crippen molar-refractivity contribution < 1.29 is 43.9 Å². The van der Waals surface area contributed by atoms with Crippen LogP contribution in [0.1, 0.15) is 0 Å². The van der Waals surface area contributed by atoms with Gasteiger partial charge in [-0.1, -0.05) is 0 Å². The average Bonchev–Trinajstić information content (AvgIpc) is 2.25. The highest BCUT2D eigenvalue weighted by molar-refractivity contribution is 14.1. The van der Waals surface area contributed by atoms with Gasteiger partial charge in [0.05, 0.1) is 0 Å². The molecule has 18 heavy (non-hydrogen) atoms. The minimum atomic E-state index is -5.97. The van der Waals surface area contributed by atoms with Gasteiger partial charge in [-0.25, -0.2) is 26.3 Å². The van der Waals surface area contributed by atoms with Crippen LogP contribution in [-0.2, 0) is 0 Å². The van der Waals surface area contributed by atoms with Crippen molar-refractivity contribution in [2.24, 2.45) is 0 Å². The van der Waals surface area contributed by atoms with Crippen LogP contribution in [-0.4, -0.2) is 41.0 Å². The van der Waals surface area contributed by atoms with Crippen LogP contribution >= 0.6 is 22.6 Å². The largest absolute Gasteiger partial charge is 0.352 e. The first-order valence-electron chi connectivity index (χ1n) is 4.11. The molecular formula is C7H5F10I. The van der Waals surface area contributed by atoms with Crippen LogP contribution in [0.4, 0.5) is 43.9 Å². The first-order chi connectivity index (χ1) is 7.87. The van der Waals surface area contributed by atoms with Crippen LogP contribution in [0.2, 0.25) is 0 Å². The lowest BCUT2D eigenvalue weighted by Crippen LogP contribution is -2.56. The van der Waals surface area contributed by atoms with Gasteiger partial charge in [0.1, 0.15) is 0 Å². The van der Waals surface area contributed by atoms with Gasteiger partial charge in [0, 0.05) is 0 Å². The Balaban J connectivity index is 5.13. The zero-order valence-corrected chi connectivity index (χ0v) is 10.2. The number of halogens is 11. The Morgan fingerprint density at radius 2 is 1.06 bits per heavy atom. The van der Waals surface area contributed by atoms with Gasteiger partial charge in [-0.05, 0) is 22.6 Å². The molecule has 0 amide bonds. The van der Waals surface area contributed by atoms with Gasteiger partial charge in [-0.2, -0.15) is 17.6 Å². The standard InChI is InChI=1S/C7H5F10I/c8-1(2(9)4(11)12)3(10)6(14,15)7(16,17)5(13)18/h1-5H. The average molecular weight is 406 g/mol. The number of rotatable bonds is 6. The molecule has 0 radical (unpaired) electrons. The highest BCUT2D eigenvalue weighted by Gasteiger charge is 2.68. The molecule has 0 aromatic heterocycles. The molecule has 0 nitrogen and oxygen atoms in total. The maximum Gasteiger partial charge on any atom is 0.352 e. The molecule has 110 valence electrons. The molecular weight excluding hydrogens is 401 g/mol. The Kier molecular flexibility index (Phi) is 6.00. The minimum Gasteiger partial charge on any atom is -0.241 e. The summed E-state index contributed by atoms with van der Waals surface area (Å²) in [5.41, 5.74) is 0. The predicted octanol–water partition coefficient (Wildman–Crippen LogP) is 4.27.